The van der Waals surface area contributed by atoms with E-state index in [4.69, 9.17) is 9.47 Å². The van der Waals surface area contributed by atoms with Crippen molar-refractivity contribution in [2.75, 3.05) is 6.54 Å². The van der Waals surface area contributed by atoms with Crippen LogP contribution in [0.2, 0.25) is 0 Å². The van der Waals surface area contributed by atoms with Gasteiger partial charge in [-0.1, -0.05) is 12.1 Å². The highest BCUT2D eigenvalue weighted by Gasteiger charge is 2.59. The first kappa shape index (κ1) is 24.4. The van der Waals surface area contributed by atoms with Crippen molar-refractivity contribution in [1.82, 2.24) is 4.90 Å². The van der Waals surface area contributed by atoms with E-state index in [0.29, 0.717) is 0 Å². The number of nitrogens with zero attached hydrogens (tertiary/aromatic N) is 1. The second-order valence-corrected chi connectivity index (χ2v) is 9.33. The van der Waals surface area contributed by atoms with Gasteiger partial charge in [0, 0.05) is 6.54 Å². The molecule has 1 aliphatic heterocycles. The summed E-state index contributed by atoms with van der Waals surface area (Å²) in [6.07, 6.45) is -4.34. The summed E-state index contributed by atoms with van der Waals surface area (Å²) >= 11 is 0. The van der Waals surface area contributed by atoms with Crippen LogP contribution in [0.5, 0.6) is 0 Å². The van der Waals surface area contributed by atoms with Crippen molar-refractivity contribution in [2.24, 2.45) is 5.41 Å². The van der Waals surface area contributed by atoms with E-state index in [9.17, 15) is 28.0 Å². The van der Waals surface area contributed by atoms with Crippen LogP contribution in [0.4, 0.5) is 8.78 Å². The Morgan fingerprint density at radius 1 is 0.871 bits per heavy atom. The molecule has 170 valence electrons. The van der Waals surface area contributed by atoms with Gasteiger partial charge in [0.15, 0.2) is 0 Å². The zero-order chi connectivity index (χ0) is 23.8. The quantitative estimate of drug-likeness (QED) is 0.382. The van der Waals surface area contributed by atoms with Crippen molar-refractivity contribution in [3.63, 3.8) is 0 Å². The Kier molecular flexibility index (Phi) is 6.59. The molecule has 0 saturated carbocycles. The molecule has 1 aromatic rings. The number of benzene rings is 1. The molecule has 2 rings (SSSR count). The number of halogens is 2. The lowest BCUT2D eigenvalue weighted by Gasteiger charge is -2.34. The Morgan fingerprint density at radius 3 is 1.58 bits per heavy atom. The average molecular weight is 439 g/mol. The third-order valence-corrected chi connectivity index (χ3v) is 4.51. The molecule has 1 heterocycles. The monoisotopic (exact) mass is 439 g/mol. The first-order valence-corrected chi connectivity index (χ1v) is 9.80. The Labute approximate surface area is 179 Å². The van der Waals surface area contributed by atoms with Crippen LogP contribution < -0.4 is 0 Å². The van der Waals surface area contributed by atoms with Crippen LogP contribution in [0.25, 0.3) is 0 Å². The number of hydrogen-bond acceptors (Lipinski definition) is 6. The summed E-state index contributed by atoms with van der Waals surface area (Å²) in [5.41, 5.74) is -5.06. The Balaban J connectivity index is 2.41. The maximum atomic E-state index is 14.3. The lowest BCUT2D eigenvalue weighted by molar-refractivity contribution is -0.198. The molecule has 9 heteroatoms. The van der Waals surface area contributed by atoms with Crippen LogP contribution >= 0.6 is 0 Å². The molecule has 1 aromatic carbocycles. The molecule has 0 aliphatic carbocycles. The normalized spacial score (nSPS) is 14.7. The topological polar surface area (TPSA) is 90.0 Å². The number of amides is 2. The van der Waals surface area contributed by atoms with Crippen LogP contribution in [0, 0.1) is 5.41 Å². The standard InChI is InChI=1S/C22H27F2NO6/c1-20(2,3)30-18(28)22(17(23)24,19(29)31-21(4,5)6)11-12-25-15(26)13-9-7-8-10-14(13)16(25)27/h7-10,17H,11-12H2,1-6H3. The molecule has 0 saturated heterocycles. The van der Waals surface area contributed by atoms with Gasteiger partial charge < -0.3 is 9.47 Å². The summed E-state index contributed by atoms with van der Waals surface area (Å²) in [4.78, 5) is 51.6. The van der Waals surface area contributed by atoms with Crippen molar-refractivity contribution in [2.45, 2.75) is 65.6 Å². The van der Waals surface area contributed by atoms with Gasteiger partial charge in [-0.25, -0.2) is 8.78 Å². The zero-order valence-corrected chi connectivity index (χ0v) is 18.5. The number of carbonyl (C=O) groups excluding carboxylic acids is 4. The molecular weight excluding hydrogens is 412 g/mol. The number of carbonyl (C=O) groups is 4. The maximum absolute atomic E-state index is 14.3. The van der Waals surface area contributed by atoms with Crippen LogP contribution in [-0.4, -0.2) is 52.8 Å². The molecule has 0 atom stereocenters. The Bertz CT molecular complexity index is 835. The fourth-order valence-corrected chi connectivity index (χ4v) is 3.04. The highest BCUT2D eigenvalue weighted by molar-refractivity contribution is 6.21. The molecule has 7 nitrogen and oxygen atoms in total. The molecular formula is C22H27F2NO6. The van der Waals surface area contributed by atoms with Crippen molar-refractivity contribution >= 4 is 23.8 Å². The predicted octanol–water partition coefficient (Wildman–Crippen LogP) is 3.61. The molecule has 0 fully saturated rings. The van der Waals surface area contributed by atoms with E-state index in [2.05, 4.69) is 0 Å². The maximum Gasteiger partial charge on any atom is 0.330 e. The molecule has 0 bridgehead atoms. The van der Waals surface area contributed by atoms with Crippen molar-refractivity contribution in [3.05, 3.63) is 35.4 Å². The lowest BCUT2D eigenvalue weighted by atomic mass is 9.83. The van der Waals surface area contributed by atoms with Crippen LogP contribution in [0.3, 0.4) is 0 Å². The van der Waals surface area contributed by atoms with Crippen molar-refractivity contribution in [1.29, 1.82) is 0 Å². The van der Waals surface area contributed by atoms with E-state index < -0.39 is 59.8 Å². The van der Waals surface area contributed by atoms with E-state index in [0.717, 1.165) is 4.90 Å². The fraction of sp³-hybridized carbons (Fsp3) is 0.545. The summed E-state index contributed by atoms with van der Waals surface area (Å²) in [6.45, 7) is 8.25. The average Bonchev–Trinajstić information content (AvgIpc) is 2.84. The van der Waals surface area contributed by atoms with Crippen molar-refractivity contribution < 1.29 is 37.4 Å². The first-order valence-electron chi connectivity index (χ1n) is 9.80. The minimum atomic E-state index is -3.49. The first-order chi connectivity index (χ1) is 14.1. The summed E-state index contributed by atoms with van der Waals surface area (Å²) in [5.74, 6) is -4.31. The molecule has 31 heavy (non-hydrogen) atoms. The van der Waals surface area contributed by atoms with E-state index in [1.54, 1.807) is 12.1 Å². The lowest BCUT2D eigenvalue weighted by Crippen LogP contribution is -2.53. The largest absolute Gasteiger partial charge is 0.459 e. The number of esters is 2. The molecule has 0 spiro atoms. The van der Waals surface area contributed by atoms with Gasteiger partial charge in [0.1, 0.15) is 11.2 Å². The van der Waals surface area contributed by atoms with Gasteiger partial charge in [-0.2, -0.15) is 0 Å². The smallest absolute Gasteiger partial charge is 0.330 e. The number of imide groups is 1. The zero-order valence-electron chi connectivity index (χ0n) is 18.5. The van der Waals surface area contributed by atoms with E-state index in [-0.39, 0.29) is 11.1 Å². The molecule has 0 radical (unpaired) electrons. The van der Waals surface area contributed by atoms with Gasteiger partial charge in [0.25, 0.3) is 18.2 Å². The van der Waals surface area contributed by atoms with E-state index >= 15 is 0 Å². The van der Waals surface area contributed by atoms with E-state index in [1.807, 2.05) is 0 Å². The van der Waals surface area contributed by atoms with Crippen LogP contribution in [-0.2, 0) is 19.1 Å². The molecule has 1 aliphatic rings. The SMILES string of the molecule is CC(C)(C)OC(=O)C(CCN1C(=O)c2ccccc2C1=O)(C(=O)OC(C)(C)C)C(F)F. The molecule has 0 N–H and O–H groups in total. The number of alkyl halides is 2. The third-order valence-electron chi connectivity index (χ3n) is 4.51. The van der Waals surface area contributed by atoms with Gasteiger partial charge in [-0.05, 0) is 60.1 Å². The highest BCUT2D eigenvalue weighted by atomic mass is 19.3. The second kappa shape index (κ2) is 8.36. The Morgan fingerprint density at radius 2 is 1.26 bits per heavy atom. The van der Waals surface area contributed by atoms with Gasteiger partial charge >= 0.3 is 11.9 Å². The minimum Gasteiger partial charge on any atom is -0.459 e. The van der Waals surface area contributed by atoms with Gasteiger partial charge in [-0.3, -0.25) is 24.1 Å². The second-order valence-electron chi connectivity index (χ2n) is 9.33. The number of ether oxygens (including phenoxy) is 2. The molecule has 2 amide bonds. The Hall–Kier alpha value is -2.84. The van der Waals surface area contributed by atoms with Crippen LogP contribution in [0.15, 0.2) is 24.3 Å². The summed E-state index contributed by atoms with van der Waals surface area (Å²) in [5, 5.41) is 0. The van der Waals surface area contributed by atoms with Gasteiger partial charge in [-0.15, -0.1) is 0 Å². The van der Waals surface area contributed by atoms with Gasteiger partial charge in [0.2, 0.25) is 5.41 Å². The summed E-state index contributed by atoms with van der Waals surface area (Å²) < 4.78 is 38.9. The molecule has 0 aromatic heterocycles. The van der Waals surface area contributed by atoms with E-state index in [1.165, 1.54) is 53.7 Å². The molecule has 0 unspecified atom stereocenters. The number of fused-ring (bicyclic) bond motifs is 1. The fourth-order valence-electron chi connectivity index (χ4n) is 3.04. The number of rotatable bonds is 6. The predicted molar refractivity (Wildman–Crippen MR) is 107 cm³/mol. The third kappa shape index (κ3) is 5.08. The van der Waals surface area contributed by atoms with Crippen LogP contribution in [0.1, 0.15) is 68.7 Å². The number of hydrogen-bond donors (Lipinski definition) is 0. The van der Waals surface area contributed by atoms with Gasteiger partial charge in [0.05, 0.1) is 11.1 Å². The summed E-state index contributed by atoms with van der Waals surface area (Å²) in [6, 6.07) is 6.02. The summed E-state index contributed by atoms with van der Waals surface area (Å²) in [7, 11) is 0. The van der Waals surface area contributed by atoms with Crippen molar-refractivity contribution in [3.8, 4) is 0 Å². The minimum absolute atomic E-state index is 0.129. The highest BCUT2D eigenvalue weighted by Crippen LogP contribution is 2.38.